The number of hydrogen-bond acceptors (Lipinski definition) is 1. The molecule has 0 aliphatic rings. The third-order valence-electron chi connectivity index (χ3n) is 1.17. The van der Waals surface area contributed by atoms with Crippen LogP contribution in [0.1, 0.15) is 20.8 Å². The van der Waals surface area contributed by atoms with Gasteiger partial charge in [0.2, 0.25) is 0 Å². The molecule has 0 unspecified atom stereocenters. The summed E-state index contributed by atoms with van der Waals surface area (Å²) in [6.07, 6.45) is 1.50. The zero-order chi connectivity index (χ0) is 11.0. The summed E-state index contributed by atoms with van der Waals surface area (Å²) in [4.78, 5) is 10.7. The Balaban J connectivity index is 0. The summed E-state index contributed by atoms with van der Waals surface area (Å²) in [5.41, 5.74) is 0.855. The molecule has 74 valence electrons. The first kappa shape index (κ1) is 15.0. The highest BCUT2D eigenvalue weighted by Crippen LogP contribution is 2.19. The molecule has 0 N–H and O–H groups in total. The number of hydrogen-bond donors (Lipinski definition) is 0. The van der Waals surface area contributed by atoms with Gasteiger partial charge in [-0.1, -0.05) is 44.7 Å². The predicted octanol–water partition coefficient (Wildman–Crippen LogP) is 4.03. The van der Waals surface area contributed by atoms with Crippen molar-refractivity contribution in [1.82, 2.24) is 0 Å². The molecule has 1 nitrogen and oxygen atoms in total. The second-order valence-corrected chi connectivity index (χ2v) is 2.74. The molecule has 0 aliphatic heterocycles. The van der Waals surface area contributed by atoms with Crippen molar-refractivity contribution >= 4 is 28.4 Å². The van der Waals surface area contributed by atoms with Gasteiger partial charge in [-0.05, 0) is 24.1 Å². The lowest BCUT2D eigenvalue weighted by Crippen LogP contribution is -1.95. The van der Waals surface area contributed by atoms with Gasteiger partial charge >= 0.3 is 0 Å². The van der Waals surface area contributed by atoms with E-state index in [-0.39, 0.29) is 10.6 Å². The predicted molar refractivity (Wildman–Crippen MR) is 60.1 cm³/mol. The molecular formula is C10H14Cl2O. The van der Waals surface area contributed by atoms with Crippen LogP contribution >= 0.6 is 23.2 Å². The fourth-order valence-electron chi connectivity index (χ4n) is 0.578. The molecule has 0 spiro atoms. The van der Waals surface area contributed by atoms with E-state index in [0.29, 0.717) is 5.57 Å². The first-order valence-electron chi connectivity index (χ1n) is 3.88. The molecule has 0 heterocycles. The standard InChI is InChI=1S/C8H8Cl2O.C2H6/c1-4-5(2)7(6(3)9)8(10)11;1-2/h4H,1,3H2,2H3;1-2H3/b7-5+;. The second kappa shape index (κ2) is 8.09. The monoisotopic (exact) mass is 220 g/mol. The van der Waals surface area contributed by atoms with Gasteiger partial charge in [-0.15, -0.1) is 0 Å². The van der Waals surface area contributed by atoms with Crippen LogP contribution < -0.4 is 0 Å². The van der Waals surface area contributed by atoms with Gasteiger partial charge in [0.25, 0.3) is 5.24 Å². The molecule has 0 radical (unpaired) electrons. The number of carbonyl (C=O) groups is 1. The molecule has 0 amide bonds. The average Bonchev–Trinajstić information content (AvgIpc) is 2.06. The molecule has 0 aliphatic carbocycles. The van der Waals surface area contributed by atoms with E-state index in [0.717, 1.165) is 0 Å². The van der Waals surface area contributed by atoms with Gasteiger partial charge in [0.05, 0.1) is 5.57 Å². The van der Waals surface area contributed by atoms with Crippen LogP contribution in [0.15, 0.2) is 35.4 Å². The van der Waals surface area contributed by atoms with E-state index in [1.807, 2.05) is 13.8 Å². The van der Waals surface area contributed by atoms with E-state index >= 15 is 0 Å². The Labute approximate surface area is 89.7 Å². The van der Waals surface area contributed by atoms with Crippen LogP contribution in [0.25, 0.3) is 0 Å². The van der Waals surface area contributed by atoms with Crippen molar-refractivity contribution in [3.05, 3.63) is 35.4 Å². The van der Waals surface area contributed by atoms with Crippen molar-refractivity contribution in [2.75, 3.05) is 0 Å². The van der Waals surface area contributed by atoms with Gasteiger partial charge < -0.3 is 0 Å². The summed E-state index contributed by atoms with van der Waals surface area (Å²) in [6.45, 7) is 12.6. The Kier molecular flexibility index (Phi) is 9.31. The highest BCUT2D eigenvalue weighted by Gasteiger charge is 2.10. The molecule has 0 saturated carbocycles. The van der Waals surface area contributed by atoms with Gasteiger partial charge in [0.15, 0.2) is 0 Å². The highest BCUT2D eigenvalue weighted by molar-refractivity contribution is 6.69. The molecular weight excluding hydrogens is 207 g/mol. The maximum Gasteiger partial charge on any atom is 0.254 e. The van der Waals surface area contributed by atoms with Gasteiger partial charge in [-0.3, -0.25) is 4.79 Å². The topological polar surface area (TPSA) is 17.1 Å². The van der Waals surface area contributed by atoms with Gasteiger partial charge in [-0.2, -0.15) is 0 Å². The lowest BCUT2D eigenvalue weighted by molar-refractivity contribution is -0.108. The molecule has 0 fully saturated rings. The van der Waals surface area contributed by atoms with Gasteiger partial charge in [-0.25, -0.2) is 0 Å². The minimum atomic E-state index is -0.609. The Hall–Kier alpha value is -0.530. The number of rotatable bonds is 3. The van der Waals surface area contributed by atoms with E-state index in [1.54, 1.807) is 6.92 Å². The average molecular weight is 221 g/mol. The lowest BCUT2D eigenvalue weighted by atomic mass is 10.1. The summed E-state index contributed by atoms with van der Waals surface area (Å²) >= 11 is 10.7. The van der Waals surface area contributed by atoms with E-state index in [2.05, 4.69) is 13.2 Å². The first-order chi connectivity index (χ1) is 6.00. The van der Waals surface area contributed by atoms with Crippen LogP contribution in [0.2, 0.25) is 0 Å². The highest BCUT2D eigenvalue weighted by atomic mass is 35.5. The molecule has 0 aromatic heterocycles. The smallest absolute Gasteiger partial charge is 0.254 e. The number of halogens is 2. The summed E-state index contributed by atoms with van der Waals surface area (Å²) in [7, 11) is 0. The van der Waals surface area contributed by atoms with Crippen molar-refractivity contribution in [1.29, 1.82) is 0 Å². The molecule has 0 saturated heterocycles. The first-order valence-corrected chi connectivity index (χ1v) is 4.64. The molecule has 13 heavy (non-hydrogen) atoms. The third kappa shape index (κ3) is 5.67. The normalized spacial score (nSPS) is 10.5. The maximum atomic E-state index is 10.7. The van der Waals surface area contributed by atoms with Crippen molar-refractivity contribution < 1.29 is 4.79 Å². The van der Waals surface area contributed by atoms with Crippen molar-refractivity contribution in [3.8, 4) is 0 Å². The number of carbonyl (C=O) groups excluding carboxylic acids is 1. The summed E-state index contributed by atoms with van der Waals surface area (Å²) in [5.74, 6) is 0. The minimum Gasteiger partial charge on any atom is -0.276 e. The van der Waals surface area contributed by atoms with Crippen LogP contribution in [0.4, 0.5) is 0 Å². The lowest BCUT2D eigenvalue weighted by Gasteiger charge is -2.00. The third-order valence-corrected chi connectivity index (χ3v) is 1.55. The van der Waals surface area contributed by atoms with Gasteiger partial charge in [0, 0.05) is 5.03 Å². The quantitative estimate of drug-likeness (QED) is 0.399. The summed E-state index contributed by atoms with van der Waals surface area (Å²) in [6, 6.07) is 0. The van der Waals surface area contributed by atoms with Crippen molar-refractivity contribution in [3.63, 3.8) is 0 Å². The zero-order valence-electron chi connectivity index (χ0n) is 8.16. The fraction of sp³-hybridized carbons (Fsp3) is 0.300. The van der Waals surface area contributed by atoms with E-state index in [4.69, 9.17) is 23.2 Å². The van der Waals surface area contributed by atoms with Crippen LogP contribution in [-0.2, 0) is 4.79 Å². The molecule has 3 heteroatoms. The molecule has 0 aromatic rings. The minimum absolute atomic E-state index is 0.141. The SMILES string of the molecule is C=C/C(C)=C(\C(=C)Cl)C(=O)Cl.CC. The van der Waals surface area contributed by atoms with Gasteiger partial charge in [0.1, 0.15) is 0 Å². The van der Waals surface area contributed by atoms with Crippen LogP contribution in [0.3, 0.4) is 0 Å². The Morgan fingerprint density at radius 2 is 1.69 bits per heavy atom. The van der Waals surface area contributed by atoms with Crippen LogP contribution in [0.5, 0.6) is 0 Å². The Bertz CT molecular complexity index is 223. The fourth-order valence-corrected chi connectivity index (χ4v) is 1.12. The molecule has 0 aromatic carbocycles. The largest absolute Gasteiger partial charge is 0.276 e. The summed E-state index contributed by atoms with van der Waals surface area (Å²) < 4.78 is 0. The zero-order valence-corrected chi connectivity index (χ0v) is 9.67. The van der Waals surface area contributed by atoms with Crippen LogP contribution in [-0.4, -0.2) is 5.24 Å². The van der Waals surface area contributed by atoms with Crippen molar-refractivity contribution in [2.45, 2.75) is 20.8 Å². The summed E-state index contributed by atoms with van der Waals surface area (Å²) in [5, 5.41) is -0.468. The van der Waals surface area contributed by atoms with E-state index in [1.165, 1.54) is 6.08 Å². The van der Waals surface area contributed by atoms with E-state index in [9.17, 15) is 4.79 Å². The Morgan fingerprint density at radius 3 is 1.77 bits per heavy atom. The maximum absolute atomic E-state index is 10.7. The number of allylic oxidation sites excluding steroid dienone is 4. The second-order valence-electron chi connectivity index (χ2n) is 1.94. The van der Waals surface area contributed by atoms with Crippen molar-refractivity contribution in [2.24, 2.45) is 0 Å². The van der Waals surface area contributed by atoms with Crippen LogP contribution in [0, 0.1) is 0 Å². The molecule has 0 rings (SSSR count). The molecule has 0 bridgehead atoms. The molecule has 0 atom stereocenters. The van der Waals surface area contributed by atoms with E-state index < -0.39 is 5.24 Å². The Morgan fingerprint density at radius 1 is 1.31 bits per heavy atom.